The number of ether oxygens (including phenoxy) is 2. The van der Waals surface area contributed by atoms with Crippen molar-refractivity contribution in [3.63, 3.8) is 0 Å². The van der Waals surface area contributed by atoms with Gasteiger partial charge >= 0.3 is 0 Å². The molecule has 0 bridgehead atoms. The Labute approximate surface area is 174 Å². The van der Waals surface area contributed by atoms with Crippen LogP contribution < -0.4 is 20.1 Å². The van der Waals surface area contributed by atoms with Crippen LogP contribution in [0.4, 0.5) is 8.78 Å². The van der Waals surface area contributed by atoms with E-state index in [1.807, 2.05) is 25.1 Å². The molecule has 3 rings (SSSR count). The second-order valence-corrected chi connectivity index (χ2v) is 5.80. The van der Waals surface area contributed by atoms with Crippen molar-refractivity contribution >= 4 is 29.9 Å². The summed E-state index contributed by atoms with van der Waals surface area (Å²) in [7, 11) is 0. The molecule has 27 heavy (non-hydrogen) atoms. The highest BCUT2D eigenvalue weighted by Gasteiger charge is 2.13. The third kappa shape index (κ3) is 5.95. The largest absolute Gasteiger partial charge is 0.454 e. The zero-order valence-electron chi connectivity index (χ0n) is 14.9. The first-order chi connectivity index (χ1) is 12.7. The van der Waals surface area contributed by atoms with Crippen LogP contribution in [0.25, 0.3) is 0 Å². The van der Waals surface area contributed by atoms with E-state index in [1.165, 1.54) is 12.1 Å². The first-order valence-corrected chi connectivity index (χ1v) is 8.50. The van der Waals surface area contributed by atoms with Crippen molar-refractivity contribution in [2.24, 2.45) is 4.99 Å². The summed E-state index contributed by atoms with van der Waals surface area (Å²) in [6.45, 7) is 3.87. The summed E-state index contributed by atoms with van der Waals surface area (Å²) in [5.74, 6) is 0.992. The molecule has 0 radical (unpaired) electrons. The fourth-order valence-corrected chi connectivity index (χ4v) is 2.59. The van der Waals surface area contributed by atoms with Crippen LogP contribution >= 0.6 is 24.0 Å². The lowest BCUT2D eigenvalue weighted by atomic mass is 10.1. The zero-order chi connectivity index (χ0) is 18.4. The van der Waals surface area contributed by atoms with Crippen LogP contribution in [0.3, 0.4) is 0 Å². The van der Waals surface area contributed by atoms with Crippen molar-refractivity contribution in [2.45, 2.75) is 19.9 Å². The Kier molecular flexibility index (Phi) is 8.08. The highest BCUT2D eigenvalue weighted by atomic mass is 127. The molecule has 1 aliphatic rings. The summed E-state index contributed by atoms with van der Waals surface area (Å²) in [4.78, 5) is 4.52. The fourth-order valence-electron chi connectivity index (χ4n) is 2.59. The van der Waals surface area contributed by atoms with E-state index < -0.39 is 11.6 Å². The van der Waals surface area contributed by atoms with E-state index in [4.69, 9.17) is 9.47 Å². The van der Waals surface area contributed by atoms with E-state index in [0.717, 1.165) is 23.1 Å². The maximum absolute atomic E-state index is 13.7. The van der Waals surface area contributed by atoms with Gasteiger partial charge in [0, 0.05) is 19.2 Å². The second kappa shape index (κ2) is 10.3. The number of hydrogen-bond donors (Lipinski definition) is 2. The predicted octanol–water partition coefficient (Wildman–Crippen LogP) is 3.61. The first-order valence-electron chi connectivity index (χ1n) is 8.50. The normalized spacial score (nSPS) is 12.5. The lowest BCUT2D eigenvalue weighted by molar-refractivity contribution is 0.174. The molecule has 0 atom stereocenters. The molecule has 1 heterocycles. The highest BCUT2D eigenvalue weighted by Crippen LogP contribution is 2.32. The highest BCUT2D eigenvalue weighted by molar-refractivity contribution is 14.0. The summed E-state index contributed by atoms with van der Waals surface area (Å²) in [5.41, 5.74) is 1.46. The van der Waals surface area contributed by atoms with Crippen LogP contribution in [-0.4, -0.2) is 25.8 Å². The number of hydrogen-bond acceptors (Lipinski definition) is 3. The van der Waals surface area contributed by atoms with E-state index in [-0.39, 0.29) is 30.8 Å². The van der Waals surface area contributed by atoms with Gasteiger partial charge in [0.1, 0.15) is 11.6 Å². The van der Waals surface area contributed by atoms with E-state index in [1.54, 1.807) is 0 Å². The molecule has 2 N–H and O–H groups in total. The fraction of sp³-hybridized carbons (Fsp3) is 0.316. The van der Waals surface area contributed by atoms with Gasteiger partial charge in [-0.15, -0.1) is 24.0 Å². The summed E-state index contributed by atoms with van der Waals surface area (Å²) >= 11 is 0. The minimum absolute atomic E-state index is 0. The summed E-state index contributed by atoms with van der Waals surface area (Å²) in [5, 5.41) is 6.30. The van der Waals surface area contributed by atoms with Gasteiger partial charge in [0.2, 0.25) is 6.79 Å². The van der Waals surface area contributed by atoms with Crippen LogP contribution in [0.15, 0.2) is 41.4 Å². The molecule has 2 aromatic carbocycles. The molecule has 0 spiro atoms. The van der Waals surface area contributed by atoms with Gasteiger partial charge in [-0.05, 0) is 42.7 Å². The number of nitrogens with one attached hydrogen (secondary N) is 2. The van der Waals surface area contributed by atoms with Gasteiger partial charge in [-0.2, -0.15) is 0 Å². The molecule has 146 valence electrons. The maximum atomic E-state index is 13.7. The van der Waals surface area contributed by atoms with E-state index >= 15 is 0 Å². The number of fused-ring (bicyclic) bond motifs is 1. The van der Waals surface area contributed by atoms with Crippen molar-refractivity contribution < 1.29 is 18.3 Å². The van der Waals surface area contributed by atoms with Crippen molar-refractivity contribution in [3.8, 4) is 11.5 Å². The SMILES string of the molecule is CCNC(=NCc1ccc2c(c1)OCO2)NCCc1ccc(F)cc1F.I. The molecule has 1 aliphatic heterocycles. The van der Waals surface area contributed by atoms with E-state index in [2.05, 4.69) is 15.6 Å². The number of rotatable bonds is 6. The smallest absolute Gasteiger partial charge is 0.231 e. The molecule has 0 fully saturated rings. The molecule has 0 saturated heterocycles. The van der Waals surface area contributed by atoms with Gasteiger partial charge in [0.25, 0.3) is 0 Å². The van der Waals surface area contributed by atoms with Crippen molar-refractivity contribution in [1.82, 2.24) is 10.6 Å². The molecule has 0 amide bonds. The Morgan fingerprint density at radius 3 is 2.67 bits per heavy atom. The Morgan fingerprint density at radius 1 is 1.07 bits per heavy atom. The average molecular weight is 489 g/mol. The maximum Gasteiger partial charge on any atom is 0.231 e. The van der Waals surface area contributed by atoms with Crippen molar-refractivity contribution in [3.05, 3.63) is 59.2 Å². The minimum Gasteiger partial charge on any atom is -0.454 e. The second-order valence-electron chi connectivity index (χ2n) is 5.80. The Morgan fingerprint density at radius 2 is 1.89 bits per heavy atom. The molecular formula is C19H22F2IN3O2. The average Bonchev–Trinajstić information content (AvgIpc) is 3.09. The number of aliphatic imine (C=N–C) groups is 1. The molecule has 0 saturated carbocycles. The summed E-state index contributed by atoms with van der Waals surface area (Å²) < 4.78 is 37.3. The third-order valence-corrected chi connectivity index (χ3v) is 3.90. The van der Waals surface area contributed by atoms with Gasteiger partial charge in [-0.25, -0.2) is 13.8 Å². The standard InChI is InChI=1S/C19H21F2N3O2.HI/c1-2-22-19(23-8-7-14-4-5-15(20)10-16(14)21)24-11-13-3-6-17-18(9-13)26-12-25-17;/h3-6,9-10H,2,7-8,11-12H2,1H3,(H2,22,23,24);1H. The van der Waals surface area contributed by atoms with Crippen LogP contribution in [0, 0.1) is 11.6 Å². The van der Waals surface area contributed by atoms with Crippen LogP contribution in [0.5, 0.6) is 11.5 Å². The zero-order valence-corrected chi connectivity index (χ0v) is 17.3. The topological polar surface area (TPSA) is 54.9 Å². The van der Waals surface area contributed by atoms with Crippen LogP contribution in [0.2, 0.25) is 0 Å². The first kappa shape index (κ1) is 21.2. The molecule has 2 aromatic rings. The van der Waals surface area contributed by atoms with Crippen LogP contribution in [-0.2, 0) is 13.0 Å². The van der Waals surface area contributed by atoms with Crippen LogP contribution in [0.1, 0.15) is 18.1 Å². The van der Waals surface area contributed by atoms with Gasteiger partial charge in [0.05, 0.1) is 6.54 Å². The molecule has 0 aromatic heterocycles. The minimum atomic E-state index is -0.571. The molecule has 8 heteroatoms. The Bertz CT molecular complexity index is 803. The third-order valence-electron chi connectivity index (χ3n) is 3.90. The number of benzene rings is 2. The van der Waals surface area contributed by atoms with E-state index in [9.17, 15) is 8.78 Å². The number of guanidine groups is 1. The Hall–Kier alpha value is -2.10. The molecular weight excluding hydrogens is 467 g/mol. The van der Waals surface area contributed by atoms with Gasteiger partial charge in [-0.1, -0.05) is 12.1 Å². The van der Waals surface area contributed by atoms with E-state index in [0.29, 0.717) is 37.6 Å². The lowest BCUT2D eigenvalue weighted by Gasteiger charge is -2.12. The summed E-state index contributed by atoms with van der Waals surface area (Å²) in [6.07, 6.45) is 0.431. The monoisotopic (exact) mass is 489 g/mol. The molecule has 0 aliphatic carbocycles. The summed E-state index contributed by atoms with van der Waals surface area (Å²) in [6, 6.07) is 9.33. The molecule has 5 nitrogen and oxygen atoms in total. The Balaban J connectivity index is 0.00000261. The number of nitrogens with zero attached hydrogens (tertiary/aromatic N) is 1. The quantitative estimate of drug-likeness (QED) is 0.370. The van der Waals surface area contributed by atoms with Gasteiger partial charge in [-0.3, -0.25) is 0 Å². The molecule has 0 unspecified atom stereocenters. The van der Waals surface area contributed by atoms with Gasteiger partial charge in [0.15, 0.2) is 17.5 Å². The van der Waals surface area contributed by atoms with Crippen molar-refractivity contribution in [2.75, 3.05) is 19.9 Å². The predicted molar refractivity (Wildman–Crippen MR) is 111 cm³/mol. The lowest BCUT2D eigenvalue weighted by Crippen LogP contribution is -2.38. The van der Waals surface area contributed by atoms with Gasteiger partial charge < -0.3 is 20.1 Å². The number of halogens is 3. The van der Waals surface area contributed by atoms with Crippen molar-refractivity contribution in [1.29, 1.82) is 0 Å².